The van der Waals surface area contributed by atoms with Gasteiger partial charge in [-0.2, -0.15) is 0 Å². The second kappa shape index (κ2) is 4.88. The first kappa shape index (κ1) is 12.5. The SMILES string of the molecule is O=C(O)C1(Cc2ccccc2)CNC1N1NC=CS1. The average molecular weight is 277 g/mol. The fourth-order valence-electron chi connectivity index (χ4n) is 2.50. The topological polar surface area (TPSA) is 64.6 Å². The van der Waals surface area contributed by atoms with Crippen LogP contribution in [0, 0.1) is 5.41 Å². The van der Waals surface area contributed by atoms with Crippen LogP contribution >= 0.6 is 11.9 Å². The first-order chi connectivity index (χ1) is 9.22. The van der Waals surface area contributed by atoms with Gasteiger partial charge in [-0.15, -0.1) is 4.41 Å². The number of aliphatic carboxylic acids is 1. The van der Waals surface area contributed by atoms with E-state index >= 15 is 0 Å². The summed E-state index contributed by atoms with van der Waals surface area (Å²) in [5, 5.41) is 14.8. The minimum Gasteiger partial charge on any atom is -0.481 e. The lowest BCUT2D eigenvalue weighted by Gasteiger charge is -2.50. The molecule has 2 unspecified atom stereocenters. The number of carboxylic acid groups (broad SMARTS) is 1. The Hall–Kier alpha value is -1.50. The molecule has 1 aromatic rings. The maximum atomic E-state index is 11.8. The highest BCUT2D eigenvalue weighted by molar-refractivity contribution is 8.00. The zero-order valence-corrected chi connectivity index (χ0v) is 11.1. The number of benzene rings is 1. The van der Waals surface area contributed by atoms with Gasteiger partial charge < -0.3 is 10.5 Å². The van der Waals surface area contributed by atoms with Gasteiger partial charge in [-0.3, -0.25) is 10.1 Å². The summed E-state index contributed by atoms with van der Waals surface area (Å²) in [6.45, 7) is 0.487. The smallest absolute Gasteiger partial charge is 0.314 e. The third-order valence-corrected chi connectivity index (χ3v) is 4.40. The van der Waals surface area contributed by atoms with E-state index in [0.717, 1.165) is 5.56 Å². The molecular formula is C13H15N3O2S. The van der Waals surface area contributed by atoms with E-state index in [0.29, 0.717) is 13.0 Å². The van der Waals surface area contributed by atoms with Crippen LogP contribution in [0.25, 0.3) is 0 Å². The number of carbonyl (C=O) groups is 1. The zero-order valence-electron chi connectivity index (χ0n) is 10.2. The Labute approximate surface area is 115 Å². The summed E-state index contributed by atoms with van der Waals surface area (Å²) in [6.07, 6.45) is 2.12. The molecule has 0 radical (unpaired) electrons. The minimum absolute atomic E-state index is 0.217. The molecule has 1 saturated heterocycles. The summed E-state index contributed by atoms with van der Waals surface area (Å²) < 4.78 is 1.85. The predicted octanol–water partition coefficient (Wildman–Crippen LogP) is 1.17. The fraction of sp³-hybridized carbons (Fsp3) is 0.308. The number of nitrogens with one attached hydrogen (secondary N) is 2. The van der Waals surface area contributed by atoms with Crippen LogP contribution in [0.3, 0.4) is 0 Å². The number of rotatable bonds is 4. The van der Waals surface area contributed by atoms with Crippen molar-refractivity contribution in [2.75, 3.05) is 6.54 Å². The second-order valence-corrected chi connectivity index (χ2v) is 5.65. The van der Waals surface area contributed by atoms with Crippen LogP contribution < -0.4 is 10.7 Å². The molecule has 0 spiro atoms. The molecule has 6 heteroatoms. The van der Waals surface area contributed by atoms with E-state index in [-0.39, 0.29) is 6.17 Å². The lowest BCUT2D eigenvalue weighted by molar-refractivity contribution is -0.161. The van der Waals surface area contributed by atoms with Gasteiger partial charge in [0.15, 0.2) is 0 Å². The van der Waals surface area contributed by atoms with Crippen molar-refractivity contribution in [2.24, 2.45) is 5.41 Å². The number of hydrogen-bond acceptors (Lipinski definition) is 5. The van der Waals surface area contributed by atoms with Crippen LogP contribution in [-0.4, -0.2) is 28.2 Å². The minimum atomic E-state index is -0.784. The molecule has 100 valence electrons. The Kier molecular flexibility index (Phi) is 3.22. The zero-order chi connectivity index (χ0) is 13.3. The third kappa shape index (κ3) is 2.11. The normalized spacial score (nSPS) is 29.8. The first-order valence-electron chi connectivity index (χ1n) is 6.10. The largest absolute Gasteiger partial charge is 0.481 e. The standard InChI is InChI=1S/C13H15N3O2S/c17-12(18)13(8-10-4-2-1-3-5-10)9-14-11(13)16-15-6-7-19-16/h1-7,11,14-15H,8-9H2,(H,17,18). The molecular weight excluding hydrogens is 262 g/mol. The van der Waals surface area contributed by atoms with Gasteiger partial charge >= 0.3 is 5.97 Å². The lowest BCUT2D eigenvalue weighted by atomic mass is 9.73. The van der Waals surface area contributed by atoms with E-state index < -0.39 is 11.4 Å². The molecule has 0 aromatic heterocycles. The first-order valence-corrected chi connectivity index (χ1v) is 6.94. The molecule has 5 nitrogen and oxygen atoms in total. The van der Waals surface area contributed by atoms with Gasteiger partial charge in [0.1, 0.15) is 11.6 Å². The van der Waals surface area contributed by atoms with E-state index in [2.05, 4.69) is 10.7 Å². The Balaban J connectivity index is 1.82. The highest BCUT2D eigenvalue weighted by Gasteiger charge is 2.56. The van der Waals surface area contributed by atoms with Gasteiger partial charge in [0, 0.05) is 18.2 Å². The van der Waals surface area contributed by atoms with Gasteiger partial charge in [-0.05, 0) is 23.9 Å². The maximum Gasteiger partial charge on any atom is 0.314 e. The maximum absolute atomic E-state index is 11.8. The van der Waals surface area contributed by atoms with Crippen molar-refractivity contribution < 1.29 is 9.90 Å². The molecule has 2 atom stereocenters. The highest BCUT2D eigenvalue weighted by atomic mass is 32.2. The molecule has 0 aliphatic carbocycles. The van der Waals surface area contributed by atoms with Crippen LogP contribution in [0.1, 0.15) is 5.56 Å². The molecule has 2 aliphatic heterocycles. The van der Waals surface area contributed by atoms with Gasteiger partial charge in [0.2, 0.25) is 0 Å². The second-order valence-electron chi connectivity index (χ2n) is 4.77. The van der Waals surface area contributed by atoms with Crippen LogP contribution in [0.5, 0.6) is 0 Å². The number of carboxylic acids is 1. The van der Waals surface area contributed by atoms with Crippen molar-refractivity contribution in [3.63, 3.8) is 0 Å². The summed E-state index contributed by atoms with van der Waals surface area (Å²) in [7, 11) is 0. The summed E-state index contributed by atoms with van der Waals surface area (Å²) >= 11 is 1.47. The Morgan fingerprint density at radius 2 is 2.26 bits per heavy atom. The van der Waals surface area contributed by atoms with E-state index in [1.807, 2.05) is 40.2 Å². The monoisotopic (exact) mass is 277 g/mol. The van der Waals surface area contributed by atoms with Crippen LogP contribution in [0.4, 0.5) is 0 Å². The van der Waals surface area contributed by atoms with Crippen molar-refractivity contribution in [2.45, 2.75) is 12.6 Å². The molecule has 0 bridgehead atoms. The van der Waals surface area contributed by atoms with E-state index in [1.165, 1.54) is 11.9 Å². The number of nitrogens with zero attached hydrogens (tertiary/aromatic N) is 1. The molecule has 0 saturated carbocycles. The third-order valence-electron chi connectivity index (χ3n) is 3.60. The van der Waals surface area contributed by atoms with Gasteiger partial charge in [0.05, 0.1) is 0 Å². The van der Waals surface area contributed by atoms with Crippen molar-refractivity contribution in [1.29, 1.82) is 0 Å². The predicted molar refractivity (Wildman–Crippen MR) is 73.7 cm³/mol. The summed E-state index contributed by atoms with van der Waals surface area (Å²) in [4.78, 5) is 11.8. The molecule has 2 aliphatic rings. The van der Waals surface area contributed by atoms with Crippen molar-refractivity contribution in [1.82, 2.24) is 15.2 Å². The molecule has 3 N–H and O–H groups in total. The van der Waals surface area contributed by atoms with Crippen molar-refractivity contribution in [3.05, 3.63) is 47.5 Å². The van der Waals surface area contributed by atoms with Gasteiger partial charge in [-0.1, -0.05) is 30.3 Å². The molecule has 3 rings (SSSR count). The van der Waals surface area contributed by atoms with Crippen LogP contribution in [-0.2, 0) is 11.2 Å². The van der Waals surface area contributed by atoms with Gasteiger partial charge in [0.25, 0.3) is 0 Å². The van der Waals surface area contributed by atoms with Crippen LogP contribution in [0.2, 0.25) is 0 Å². The quantitative estimate of drug-likeness (QED) is 0.718. The summed E-state index contributed by atoms with van der Waals surface area (Å²) in [6, 6.07) is 9.77. The summed E-state index contributed by atoms with van der Waals surface area (Å²) in [5.41, 5.74) is 3.31. The van der Waals surface area contributed by atoms with Crippen molar-refractivity contribution in [3.8, 4) is 0 Å². The molecule has 1 fully saturated rings. The Morgan fingerprint density at radius 3 is 2.79 bits per heavy atom. The average Bonchev–Trinajstić information content (AvgIpc) is 2.89. The molecule has 19 heavy (non-hydrogen) atoms. The lowest BCUT2D eigenvalue weighted by Crippen LogP contribution is -2.73. The van der Waals surface area contributed by atoms with Crippen molar-refractivity contribution >= 4 is 17.9 Å². The highest BCUT2D eigenvalue weighted by Crippen LogP contribution is 2.38. The van der Waals surface area contributed by atoms with Crippen LogP contribution in [0.15, 0.2) is 41.9 Å². The van der Waals surface area contributed by atoms with E-state index in [4.69, 9.17) is 0 Å². The fourth-order valence-corrected chi connectivity index (χ4v) is 3.27. The molecule has 0 amide bonds. The number of hydrogen-bond donors (Lipinski definition) is 3. The van der Waals surface area contributed by atoms with Gasteiger partial charge in [-0.25, -0.2) is 0 Å². The number of hydrazine groups is 1. The van der Waals surface area contributed by atoms with E-state index in [1.54, 1.807) is 6.20 Å². The Morgan fingerprint density at radius 1 is 1.47 bits per heavy atom. The summed E-state index contributed by atoms with van der Waals surface area (Å²) in [5.74, 6) is -0.755. The molecule has 2 heterocycles. The molecule has 1 aromatic carbocycles. The van der Waals surface area contributed by atoms with E-state index in [9.17, 15) is 9.90 Å². The Bertz CT molecular complexity index is 500.